The van der Waals surface area contributed by atoms with Gasteiger partial charge in [-0.1, -0.05) is 13.8 Å². The number of carbonyl (C=O) groups is 2. The lowest BCUT2D eigenvalue weighted by Crippen LogP contribution is -2.51. The number of halogens is 1. The third-order valence-electron chi connectivity index (χ3n) is 2.93. The van der Waals surface area contributed by atoms with Crippen molar-refractivity contribution in [1.29, 1.82) is 0 Å². The highest BCUT2D eigenvalue weighted by atomic mass is 32.2. The van der Waals surface area contributed by atoms with Gasteiger partial charge in [0.25, 0.3) is 0 Å². The number of benzene rings is 1. The van der Waals surface area contributed by atoms with Crippen LogP contribution >= 0.6 is 0 Å². The summed E-state index contributed by atoms with van der Waals surface area (Å²) < 4.78 is 39.6. The predicted octanol–water partition coefficient (Wildman–Crippen LogP) is 0.832. The molecule has 2 N–H and O–H groups in total. The Morgan fingerprint density at radius 3 is 2.18 bits per heavy atom. The van der Waals surface area contributed by atoms with Gasteiger partial charge in [-0.2, -0.15) is 4.72 Å². The molecule has 1 aromatic carbocycles. The van der Waals surface area contributed by atoms with Gasteiger partial charge in [0.1, 0.15) is 18.1 Å². The van der Waals surface area contributed by atoms with E-state index in [2.05, 4.69) is 10.0 Å². The number of aldehydes is 1. The minimum Gasteiger partial charge on any atom is -0.345 e. The number of hydrogen-bond acceptors (Lipinski definition) is 4. The van der Waals surface area contributed by atoms with E-state index >= 15 is 0 Å². The van der Waals surface area contributed by atoms with Gasteiger partial charge < -0.3 is 10.1 Å². The van der Waals surface area contributed by atoms with E-state index in [4.69, 9.17) is 0 Å². The molecule has 0 radical (unpaired) electrons. The molecular formula is C14H19FN2O4S. The Bertz CT molecular complexity index is 629. The van der Waals surface area contributed by atoms with E-state index in [1.165, 1.54) is 6.92 Å². The van der Waals surface area contributed by atoms with E-state index in [0.29, 0.717) is 6.29 Å². The minimum atomic E-state index is -3.97. The summed E-state index contributed by atoms with van der Waals surface area (Å²) in [4.78, 5) is 22.5. The first-order valence-electron chi connectivity index (χ1n) is 6.71. The molecule has 0 spiro atoms. The van der Waals surface area contributed by atoms with E-state index in [1.54, 1.807) is 13.8 Å². The largest absolute Gasteiger partial charge is 0.345 e. The molecule has 0 saturated carbocycles. The second kappa shape index (κ2) is 7.46. The van der Waals surface area contributed by atoms with Crippen LogP contribution in [0.25, 0.3) is 0 Å². The summed E-state index contributed by atoms with van der Waals surface area (Å²) in [5.74, 6) is -1.49. The SMILES string of the molecule is CC(C)[C@H](NS(=O)(=O)c1ccc(F)cc1)C(=O)N[C@H](C)C=O. The predicted molar refractivity (Wildman–Crippen MR) is 79.0 cm³/mol. The van der Waals surface area contributed by atoms with Crippen LogP contribution in [0.15, 0.2) is 29.2 Å². The standard InChI is InChI=1S/C14H19FN2O4S/c1-9(2)13(14(19)16-10(3)8-18)17-22(20,21)12-6-4-11(15)5-7-12/h4-10,13,17H,1-3H3,(H,16,19)/t10-,13+/m1/s1. The molecule has 0 bridgehead atoms. The van der Waals surface area contributed by atoms with Crippen molar-refractivity contribution >= 4 is 22.2 Å². The van der Waals surface area contributed by atoms with Crippen LogP contribution in [0.1, 0.15) is 20.8 Å². The van der Waals surface area contributed by atoms with Gasteiger partial charge >= 0.3 is 0 Å². The van der Waals surface area contributed by atoms with E-state index in [-0.39, 0.29) is 10.8 Å². The molecule has 6 nitrogen and oxygen atoms in total. The molecule has 1 aromatic rings. The lowest BCUT2D eigenvalue weighted by Gasteiger charge is -2.22. The summed E-state index contributed by atoms with van der Waals surface area (Å²) >= 11 is 0. The fraction of sp³-hybridized carbons (Fsp3) is 0.429. The third kappa shape index (κ3) is 4.88. The number of nitrogens with one attached hydrogen (secondary N) is 2. The van der Waals surface area contributed by atoms with Crippen molar-refractivity contribution in [2.45, 2.75) is 37.8 Å². The van der Waals surface area contributed by atoms with Crippen LogP contribution in [0.3, 0.4) is 0 Å². The van der Waals surface area contributed by atoms with E-state index in [0.717, 1.165) is 24.3 Å². The fourth-order valence-corrected chi connectivity index (χ4v) is 3.03. The number of carbonyl (C=O) groups excluding carboxylic acids is 2. The molecule has 22 heavy (non-hydrogen) atoms. The van der Waals surface area contributed by atoms with Crippen LogP contribution in [0.4, 0.5) is 4.39 Å². The maximum absolute atomic E-state index is 12.9. The van der Waals surface area contributed by atoms with Crippen molar-refractivity contribution in [2.24, 2.45) is 5.92 Å². The molecule has 0 aliphatic rings. The average Bonchev–Trinajstić information content (AvgIpc) is 2.44. The van der Waals surface area contributed by atoms with Crippen LogP contribution in [-0.4, -0.2) is 32.7 Å². The number of rotatable bonds is 7. The number of hydrogen-bond donors (Lipinski definition) is 2. The second-order valence-electron chi connectivity index (χ2n) is 5.23. The smallest absolute Gasteiger partial charge is 0.241 e. The summed E-state index contributed by atoms with van der Waals surface area (Å²) in [5, 5.41) is 2.40. The van der Waals surface area contributed by atoms with Crippen LogP contribution in [0, 0.1) is 11.7 Å². The average molecular weight is 330 g/mol. The monoisotopic (exact) mass is 330 g/mol. The van der Waals surface area contributed by atoms with Gasteiger partial charge in [-0.15, -0.1) is 0 Å². The summed E-state index contributed by atoms with van der Waals surface area (Å²) in [5.41, 5.74) is 0. The second-order valence-corrected chi connectivity index (χ2v) is 6.94. The highest BCUT2D eigenvalue weighted by Gasteiger charge is 2.28. The summed E-state index contributed by atoms with van der Waals surface area (Å²) in [6.45, 7) is 4.82. The molecule has 8 heteroatoms. The van der Waals surface area contributed by atoms with Gasteiger partial charge in [-0.05, 0) is 37.1 Å². The van der Waals surface area contributed by atoms with Crippen LogP contribution in [0.5, 0.6) is 0 Å². The molecule has 0 aromatic heterocycles. The van der Waals surface area contributed by atoms with Crippen molar-refractivity contribution in [2.75, 3.05) is 0 Å². The first kappa shape index (κ1) is 18.2. The van der Waals surface area contributed by atoms with Crippen LogP contribution < -0.4 is 10.0 Å². The molecule has 0 unspecified atom stereocenters. The maximum Gasteiger partial charge on any atom is 0.241 e. The number of sulfonamides is 1. The molecular weight excluding hydrogens is 311 g/mol. The van der Waals surface area contributed by atoms with Crippen molar-refractivity contribution in [1.82, 2.24) is 10.0 Å². The van der Waals surface area contributed by atoms with E-state index in [1.807, 2.05) is 0 Å². The molecule has 0 saturated heterocycles. The van der Waals surface area contributed by atoms with Crippen molar-refractivity contribution in [3.8, 4) is 0 Å². The lowest BCUT2D eigenvalue weighted by molar-refractivity contribution is -0.126. The van der Waals surface area contributed by atoms with Gasteiger partial charge in [0.2, 0.25) is 15.9 Å². The van der Waals surface area contributed by atoms with Crippen LogP contribution in [0.2, 0.25) is 0 Å². The molecule has 0 aliphatic carbocycles. The van der Waals surface area contributed by atoms with Gasteiger partial charge in [0.05, 0.1) is 10.9 Å². The van der Waals surface area contributed by atoms with Crippen molar-refractivity contribution in [3.63, 3.8) is 0 Å². The summed E-state index contributed by atoms with van der Waals surface area (Å²) in [6, 6.07) is 2.50. The Labute approximate surface area is 129 Å². The zero-order chi connectivity index (χ0) is 16.9. The Morgan fingerprint density at radius 1 is 1.18 bits per heavy atom. The Balaban J connectivity index is 2.97. The molecule has 1 amide bonds. The summed E-state index contributed by atoms with van der Waals surface area (Å²) in [6.07, 6.45) is 0.545. The zero-order valence-corrected chi connectivity index (χ0v) is 13.4. The third-order valence-corrected chi connectivity index (χ3v) is 4.39. The zero-order valence-electron chi connectivity index (χ0n) is 12.5. The van der Waals surface area contributed by atoms with E-state index in [9.17, 15) is 22.4 Å². The van der Waals surface area contributed by atoms with Crippen molar-refractivity contribution in [3.05, 3.63) is 30.1 Å². The Hall–Kier alpha value is -1.80. The molecule has 1 rings (SSSR count). The van der Waals surface area contributed by atoms with Gasteiger partial charge in [-0.3, -0.25) is 4.79 Å². The lowest BCUT2D eigenvalue weighted by atomic mass is 10.0. The Kier molecular flexibility index (Phi) is 6.19. The molecule has 2 atom stereocenters. The van der Waals surface area contributed by atoms with Crippen molar-refractivity contribution < 1.29 is 22.4 Å². The molecule has 0 heterocycles. The van der Waals surface area contributed by atoms with Gasteiger partial charge in [0, 0.05) is 0 Å². The molecule has 0 fully saturated rings. The van der Waals surface area contributed by atoms with E-state index < -0.39 is 33.8 Å². The molecule has 0 aliphatic heterocycles. The highest BCUT2D eigenvalue weighted by Crippen LogP contribution is 2.13. The number of amides is 1. The fourth-order valence-electron chi connectivity index (χ4n) is 1.69. The quantitative estimate of drug-likeness (QED) is 0.724. The van der Waals surface area contributed by atoms with Gasteiger partial charge in [-0.25, -0.2) is 12.8 Å². The first-order valence-corrected chi connectivity index (χ1v) is 8.19. The Morgan fingerprint density at radius 2 is 1.73 bits per heavy atom. The first-order chi connectivity index (χ1) is 10.2. The maximum atomic E-state index is 12.9. The van der Waals surface area contributed by atoms with Crippen LogP contribution in [-0.2, 0) is 19.6 Å². The normalized spacial score (nSPS) is 14.4. The topological polar surface area (TPSA) is 92.3 Å². The molecule has 122 valence electrons. The minimum absolute atomic E-state index is 0.143. The van der Waals surface area contributed by atoms with Gasteiger partial charge in [0.15, 0.2) is 0 Å². The summed E-state index contributed by atoms with van der Waals surface area (Å²) in [7, 11) is -3.97. The highest BCUT2D eigenvalue weighted by molar-refractivity contribution is 7.89.